The molecule has 1 atom stereocenters. The molecule has 1 amide bonds. The number of esters is 1. The van der Waals surface area contributed by atoms with Crippen LogP contribution in [0, 0.1) is 0 Å². The van der Waals surface area contributed by atoms with E-state index in [1.165, 1.54) is 18.0 Å². The predicted octanol–water partition coefficient (Wildman–Crippen LogP) is 1.95. The zero-order chi connectivity index (χ0) is 15.6. The maximum Gasteiger partial charge on any atom is 0.345 e. The molecule has 1 N–H and O–H groups in total. The Labute approximate surface area is 133 Å². The summed E-state index contributed by atoms with van der Waals surface area (Å²) in [5.41, 5.74) is 0.992. The number of amides is 1. The number of hydrogen-bond acceptors (Lipinski definition) is 6. The molecule has 2 aliphatic heterocycles. The van der Waals surface area contributed by atoms with Gasteiger partial charge in [0.15, 0.2) is 0 Å². The largest absolute Gasteiger partial charge is 0.462 e. The van der Waals surface area contributed by atoms with Crippen LogP contribution in [0.15, 0.2) is 23.2 Å². The van der Waals surface area contributed by atoms with Crippen molar-refractivity contribution in [1.29, 1.82) is 0 Å². The van der Waals surface area contributed by atoms with Crippen molar-refractivity contribution in [3.05, 3.63) is 23.2 Å². The second-order valence-electron chi connectivity index (χ2n) is 4.80. The number of thiocarbonyl (C=S) groups is 1. The Morgan fingerprint density at radius 3 is 2.95 bits per heavy atom. The van der Waals surface area contributed by atoms with Gasteiger partial charge in [-0.1, -0.05) is 12.2 Å². The number of nitrogens with one attached hydrogen (secondary N) is 1. The van der Waals surface area contributed by atoms with E-state index in [9.17, 15) is 9.59 Å². The SMILES string of the molecule is CCOC(=O)C1=CNC2=C(C(=S)SC)CCC(C)N2C1=O. The number of nitrogens with zero attached hydrogens (tertiary/aromatic N) is 1. The van der Waals surface area contributed by atoms with Gasteiger partial charge in [-0.3, -0.25) is 9.69 Å². The van der Waals surface area contributed by atoms with Crippen LogP contribution in [0.25, 0.3) is 0 Å². The van der Waals surface area contributed by atoms with Crippen molar-refractivity contribution >= 4 is 40.1 Å². The highest BCUT2D eigenvalue weighted by molar-refractivity contribution is 8.23. The van der Waals surface area contributed by atoms with Gasteiger partial charge >= 0.3 is 5.97 Å². The van der Waals surface area contributed by atoms with Crippen LogP contribution in [0.1, 0.15) is 26.7 Å². The van der Waals surface area contributed by atoms with E-state index in [0.717, 1.165) is 22.6 Å². The van der Waals surface area contributed by atoms with Crippen LogP contribution in [0.5, 0.6) is 0 Å². The quantitative estimate of drug-likeness (QED) is 0.486. The molecule has 0 bridgehead atoms. The number of carbonyl (C=O) groups excluding carboxylic acids is 2. The van der Waals surface area contributed by atoms with Crippen molar-refractivity contribution in [1.82, 2.24) is 10.2 Å². The zero-order valence-electron chi connectivity index (χ0n) is 12.3. The molecule has 0 fully saturated rings. The highest BCUT2D eigenvalue weighted by Crippen LogP contribution is 2.32. The molecule has 7 heteroatoms. The third kappa shape index (κ3) is 2.98. The van der Waals surface area contributed by atoms with E-state index in [2.05, 4.69) is 5.32 Å². The monoisotopic (exact) mass is 326 g/mol. The molecule has 0 radical (unpaired) electrons. The highest BCUT2D eigenvalue weighted by Gasteiger charge is 2.38. The summed E-state index contributed by atoms with van der Waals surface area (Å²) in [6.45, 7) is 3.92. The van der Waals surface area contributed by atoms with Crippen LogP contribution in [0.2, 0.25) is 0 Å². The Bertz CT molecular complexity index is 554. The maximum atomic E-state index is 12.6. The van der Waals surface area contributed by atoms with Crippen molar-refractivity contribution in [3.63, 3.8) is 0 Å². The molecule has 0 aliphatic carbocycles. The van der Waals surface area contributed by atoms with Crippen molar-refractivity contribution < 1.29 is 14.3 Å². The summed E-state index contributed by atoms with van der Waals surface area (Å²) >= 11 is 6.85. The first-order valence-corrected chi connectivity index (χ1v) is 8.43. The van der Waals surface area contributed by atoms with E-state index in [1.807, 2.05) is 13.2 Å². The predicted molar refractivity (Wildman–Crippen MR) is 86.5 cm³/mol. The third-order valence-corrected chi connectivity index (χ3v) is 4.87. The van der Waals surface area contributed by atoms with E-state index in [0.29, 0.717) is 5.82 Å². The fraction of sp³-hybridized carbons (Fsp3) is 0.500. The fourth-order valence-electron chi connectivity index (χ4n) is 2.43. The van der Waals surface area contributed by atoms with Gasteiger partial charge in [0, 0.05) is 17.8 Å². The topological polar surface area (TPSA) is 58.6 Å². The number of carbonyl (C=O) groups is 2. The zero-order valence-corrected chi connectivity index (χ0v) is 13.9. The Hall–Kier alpha value is -1.34. The second kappa shape index (κ2) is 6.62. The molecule has 2 rings (SSSR count). The lowest BCUT2D eigenvalue weighted by Crippen LogP contribution is -2.50. The van der Waals surface area contributed by atoms with Crippen molar-refractivity contribution in [2.24, 2.45) is 0 Å². The van der Waals surface area contributed by atoms with Crippen LogP contribution in [-0.2, 0) is 14.3 Å². The molecule has 0 spiro atoms. The summed E-state index contributed by atoms with van der Waals surface area (Å²) in [4.78, 5) is 26.0. The van der Waals surface area contributed by atoms with Crippen molar-refractivity contribution in [3.8, 4) is 0 Å². The second-order valence-corrected chi connectivity index (χ2v) is 6.29. The van der Waals surface area contributed by atoms with Gasteiger partial charge in [-0.2, -0.15) is 0 Å². The normalized spacial score (nSPS) is 21.5. The number of hydrogen-bond donors (Lipinski definition) is 1. The summed E-state index contributed by atoms with van der Waals surface area (Å²) < 4.78 is 5.69. The number of fused-ring (bicyclic) bond motifs is 1. The van der Waals surface area contributed by atoms with Gasteiger partial charge in [0.05, 0.1) is 10.8 Å². The van der Waals surface area contributed by atoms with E-state index in [4.69, 9.17) is 17.0 Å². The first-order chi connectivity index (χ1) is 10.0. The standard InChI is InChI=1S/C14H18N2O3S2/c1-4-19-13(18)10-7-15-11-9(14(20)21-3)6-5-8(2)16(11)12(10)17/h7-8,15H,4-6H2,1-3H3. The molecule has 0 aromatic heterocycles. The van der Waals surface area contributed by atoms with E-state index in [-0.39, 0.29) is 24.1 Å². The van der Waals surface area contributed by atoms with Gasteiger partial charge in [0.25, 0.3) is 5.91 Å². The van der Waals surface area contributed by atoms with E-state index < -0.39 is 5.97 Å². The maximum absolute atomic E-state index is 12.6. The summed E-state index contributed by atoms with van der Waals surface area (Å²) in [7, 11) is 0. The van der Waals surface area contributed by atoms with Gasteiger partial charge in [0.1, 0.15) is 11.4 Å². The molecule has 21 heavy (non-hydrogen) atoms. The summed E-state index contributed by atoms with van der Waals surface area (Å²) in [6, 6.07) is 0.0199. The average Bonchev–Trinajstić information content (AvgIpc) is 2.47. The van der Waals surface area contributed by atoms with Gasteiger partial charge in [-0.15, -0.1) is 11.8 Å². The van der Waals surface area contributed by atoms with Crippen molar-refractivity contribution in [2.45, 2.75) is 32.7 Å². The van der Waals surface area contributed by atoms with Gasteiger partial charge < -0.3 is 10.1 Å². The summed E-state index contributed by atoms with van der Waals surface area (Å²) in [5, 5.41) is 3.06. The van der Waals surface area contributed by atoms with Crippen LogP contribution in [0.3, 0.4) is 0 Å². The Morgan fingerprint density at radius 2 is 2.33 bits per heavy atom. The molecule has 0 saturated carbocycles. The van der Waals surface area contributed by atoms with Gasteiger partial charge in [-0.05, 0) is 32.9 Å². The van der Waals surface area contributed by atoms with Crippen LogP contribution in [-0.4, -0.2) is 39.9 Å². The molecule has 0 saturated heterocycles. The first kappa shape index (κ1) is 16.0. The Balaban J connectivity index is 2.40. The third-order valence-electron chi connectivity index (χ3n) is 3.51. The summed E-state index contributed by atoms with van der Waals surface area (Å²) in [5.74, 6) is -0.220. The lowest BCUT2D eigenvalue weighted by molar-refractivity contribution is -0.142. The molecule has 5 nitrogen and oxygen atoms in total. The fourth-order valence-corrected chi connectivity index (χ4v) is 3.08. The molecule has 0 aromatic rings. The first-order valence-electron chi connectivity index (χ1n) is 6.80. The van der Waals surface area contributed by atoms with Crippen LogP contribution >= 0.6 is 24.0 Å². The van der Waals surface area contributed by atoms with Crippen molar-refractivity contribution in [2.75, 3.05) is 12.9 Å². The smallest absolute Gasteiger partial charge is 0.345 e. The Morgan fingerprint density at radius 1 is 1.62 bits per heavy atom. The summed E-state index contributed by atoms with van der Waals surface area (Å²) in [6.07, 6.45) is 4.99. The molecule has 0 aromatic carbocycles. The lowest BCUT2D eigenvalue weighted by atomic mass is 9.98. The highest BCUT2D eigenvalue weighted by atomic mass is 32.2. The van der Waals surface area contributed by atoms with Crippen LogP contribution in [0.4, 0.5) is 0 Å². The van der Waals surface area contributed by atoms with Gasteiger partial charge in [-0.25, -0.2) is 4.79 Å². The van der Waals surface area contributed by atoms with Crippen LogP contribution < -0.4 is 5.32 Å². The average molecular weight is 326 g/mol. The lowest BCUT2D eigenvalue weighted by Gasteiger charge is -2.39. The van der Waals surface area contributed by atoms with Gasteiger partial charge in [0.2, 0.25) is 0 Å². The molecular formula is C14H18N2O3S2. The molecular weight excluding hydrogens is 308 g/mol. The molecule has 2 aliphatic rings. The number of ether oxygens (including phenoxy) is 1. The molecule has 1 unspecified atom stereocenters. The number of thioether (sulfide) groups is 1. The minimum Gasteiger partial charge on any atom is -0.462 e. The molecule has 114 valence electrons. The Kier molecular flexibility index (Phi) is 5.05. The number of rotatable bonds is 3. The minimum atomic E-state index is -0.596. The van der Waals surface area contributed by atoms with E-state index >= 15 is 0 Å². The molecule has 2 heterocycles. The van der Waals surface area contributed by atoms with E-state index in [1.54, 1.807) is 11.8 Å². The minimum absolute atomic E-state index is 0.0199.